The summed E-state index contributed by atoms with van der Waals surface area (Å²) < 4.78 is 10.7. The first-order valence-electron chi connectivity index (χ1n) is 8.15. The molecule has 4 aromatic rings. The summed E-state index contributed by atoms with van der Waals surface area (Å²) in [6.45, 7) is 0.432. The molecular formula is C20H16N2O3S. The molecule has 0 saturated heterocycles. The maximum absolute atomic E-state index is 12.5. The number of carbonyl (C=O) groups is 1. The van der Waals surface area contributed by atoms with Crippen molar-refractivity contribution < 1.29 is 13.6 Å². The van der Waals surface area contributed by atoms with Gasteiger partial charge < -0.3 is 14.2 Å². The van der Waals surface area contributed by atoms with Crippen molar-refractivity contribution in [3.63, 3.8) is 0 Å². The van der Waals surface area contributed by atoms with E-state index in [1.807, 2.05) is 54.6 Å². The zero-order chi connectivity index (χ0) is 17.8. The summed E-state index contributed by atoms with van der Waals surface area (Å²) in [7, 11) is 0. The molecule has 5 nitrogen and oxygen atoms in total. The minimum Gasteiger partial charge on any atom is -0.472 e. The largest absolute Gasteiger partial charge is 0.472 e. The lowest BCUT2D eigenvalue weighted by atomic mass is 10.1. The molecule has 2 aromatic carbocycles. The Labute approximate surface area is 154 Å². The van der Waals surface area contributed by atoms with Crippen LogP contribution in [0.3, 0.4) is 0 Å². The minimum atomic E-state index is -0.111. The number of nitrogens with one attached hydrogen (secondary N) is 1. The summed E-state index contributed by atoms with van der Waals surface area (Å²) in [4.78, 5) is 17.0. The van der Waals surface area contributed by atoms with Gasteiger partial charge in [-0.05, 0) is 29.8 Å². The topological polar surface area (TPSA) is 68.3 Å². The highest BCUT2D eigenvalue weighted by molar-refractivity contribution is 7.98. The van der Waals surface area contributed by atoms with E-state index in [0.29, 0.717) is 23.1 Å². The van der Waals surface area contributed by atoms with Crippen molar-refractivity contribution in [1.29, 1.82) is 0 Å². The van der Waals surface area contributed by atoms with Gasteiger partial charge >= 0.3 is 0 Å². The molecule has 4 rings (SSSR count). The highest BCUT2D eigenvalue weighted by atomic mass is 32.2. The molecule has 2 heterocycles. The fourth-order valence-electron chi connectivity index (χ4n) is 2.59. The van der Waals surface area contributed by atoms with E-state index in [-0.39, 0.29) is 5.91 Å². The number of nitrogens with zero attached hydrogens (tertiary/aromatic N) is 1. The molecule has 0 fully saturated rings. The summed E-state index contributed by atoms with van der Waals surface area (Å²) in [6.07, 6.45) is 3.21. The van der Waals surface area contributed by atoms with E-state index in [2.05, 4.69) is 10.3 Å². The van der Waals surface area contributed by atoms with Crippen LogP contribution in [-0.2, 0) is 12.3 Å². The van der Waals surface area contributed by atoms with E-state index >= 15 is 0 Å². The summed E-state index contributed by atoms with van der Waals surface area (Å²) in [5.41, 5.74) is 4.11. The summed E-state index contributed by atoms with van der Waals surface area (Å²) >= 11 is 1.47. The second-order valence-corrected chi connectivity index (χ2v) is 6.63. The lowest BCUT2D eigenvalue weighted by molar-refractivity contribution is 0.0950. The second kappa shape index (κ2) is 7.49. The molecule has 0 unspecified atom stereocenters. The van der Waals surface area contributed by atoms with Gasteiger partial charge in [0.05, 0.1) is 12.5 Å². The Morgan fingerprint density at radius 1 is 1.08 bits per heavy atom. The van der Waals surface area contributed by atoms with E-state index in [1.165, 1.54) is 11.8 Å². The molecule has 1 amide bonds. The summed E-state index contributed by atoms with van der Waals surface area (Å²) in [6, 6.07) is 17.0. The highest BCUT2D eigenvalue weighted by Crippen LogP contribution is 2.27. The first kappa shape index (κ1) is 16.5. The number of amides is 1. The van der Waals surface area contributed by atoms with E-state index < -0.39 is 0 Å². The Balaban J connectivity index is 1.45. The van der Waals surface area contributed by atoms with Crippen molar-refractivity contribution in [2.75, 3.05) is 0 Å². The fraction of sp³-hybridized carbons (Fsp3) is 0.100. The van der Waals surface area contributed by atoms with Crippen LogP contribution in [0.25, 0.3) is 11.1 Å². The standard InChI is InChI=1S/C20H16N2O3S/c23-19(21-11-14-9-10-24-12-14)16-6-2-1-5-15(16)13-26-20-22-17-7-3-4-8-18(17)25-20/h1-10,12H,11,13H2,(H,21,23). The lowest BCUT2D eigenvalue weighted by Gasteiger charge is -2.08. The molecule has 0 spiro atoms. The third kappa shape index (κ3) is 3.65. The predicted octanol–water partition coefficient (Wildman–Crippen LogP) is 4.64. The number of oxazole rings is 1. The Hall–Kier alpha value is -2.99. The smallest absolute Gasteiger partial charge is 0.257 e. The van der Waals surface area contributed by atoms with Crippen molar-refractivity contribution in [3.8, 4) is 0 Å². The SMILES string of the molecule is O=C(NCc1ccoc1)c1ccccc1CSc1nc2ccccc2o1. The zero-order valence-electron chi connectivity index (χ0n) is 13.8. The van der Waals surface area contributed by atoms with Crippen molar-refractivity contribution in [2.45, 2.75) is 17.5 Å². The normalized spacial score (nSPS) is 10.9. The number of carbonyl (C=O) groups excluding carboxylic acids is 1. The van der Waals surface area contributed by atoms with E-state index in [1.54, 1.807) is 12.5 Å². The van der Waals surface area contributed by atoms with Gasteiger partial charge in [0.15, 0.2) is 5.58 Å². The average molecular weight is 364 g/mol. The Bertz CT molecular complexity index is 991. The van der Waals surface area contributed by atoms with Crippen LogP contribution in [0.15, 0.2) is 81.2 Å². The quantitative estimate of drug-likeness (QED) is 0.505. The van der Waals surface area contributed by atoms with Crippen molar-refractivity contribution in [1.82, 2.24) is 10.3 Å². The van der Waals surface area contributed by atoms with Crippen molar-refractivity contribution >= 4 is 28.8 Å². The monoisotopic (exact) mass is 364 g/mol. The van der Waals surface area contributed by atoms with Crippen molar-refractivity contribution in [2.24, 2.45) is 0 Å². The first-order valence-corrected chi connectivity index (χ1v) is 9.14. The molecule has 130 valence electrons. The number of rotatable bonds is 6. The fourth-order valence-corrected chi connectivity index (χ4v) is 3.43. The minimum absolute atomic E-state index is 0.111. The number of thioether (sulfide) groups is 1. The van der Waals surface area contributed by atoms with Crippen LogP contribution in [-0.4, -0.2) is 10.9 Å². The van der Waals surface area contributed by atoms with Gasteiger partial charge in [0, 0.05) is 23.4 Å². The Morgan fingerprint density at radius 2 is 1.92 bits per heavy atom. The molecule has 0 saturated carbocycles. The van der Waals surface area contributed by atoms with Crippen LogP contribution in [0.2, 0.25) is 0 Å². The third-order valence-corrected chi connectivity index (χ3v) is 4.80. The van der Waals surface area contributed by atoms with Gasteiger partial charge in [-0.1, -0.05) is 42.1 Å². The molecule has 2 aromatic heterocycles. The van der Waals surface area contributed by atoms with E-state index in [9.17, 15) is 4.79 Å². The maximum atomic E-state index is 12.5. The van der Waals surface area contributed by atoms with Crippen LogP contribution in [0.1, 0.15) is 21.5 Å². The van der Waals surface area contributed by atoms with Gasteiger partial charge in [0.25, 0.3) is 11.1 Å². The molecule has 0 aliphatic carbocycles. The van der Waals surface area contributed by atoms with Gasteiger partial charge in [-0.25, -0.2) is 4.98 Å². The Morgan fingerprint density at radius 3 is 2.77 bits per heavy atom. The van der Waals surface area contributed by atoms with Gasteiger partial charge in [-0.2, -0.15) is 0 Å². The third-order valence-electron chi connectivity index (χ3n) is 3.92. The number of benzene rings is 2. The highest BCUT2D eigenvalue weighted by Gasteiger charge is 2.13. The van der Waals surface area contributed by atoms with Gasteiger partial charge in [-0.15, -0.1) is 0 Å². The molecule has 6 heteroatoms. The maximum Gasteiger partial charge on any atom is 0.257 e. The number of hydrogen-bond acceptors (Lipinski definition) is 5. The predicted molar refractivity (Wildman–Crippen MR) is 99.9 cm³/mol. The molecule has 0 atom stereocenters. The van der Waals surface area contributed by atoms with Gasteiger partial charge in [0.2, 0.25) is 0 Å². The number of aromatic nitrogens is 1. The molecule has 0 aliphatic heterocycles. The lowest BCUT2D eigenvalue weighted by Crippen LogP contribution is -2.23. The summed E-state index contributed by atoms with van der Waals surface area (Å²) in [5, 5.41) is 3.51. The second-order valence-electron chi connectivity index (χ2n) is 5.71. The van der Waals surface area contributed by atoms with Crippen LogP contribution < -0.4 is 5.32 Å². The molecular weight excluding hydrogens is 348 g/mol. The Kier molecular flexibility index (Phi) is 4.75. The van der Waals surface area contributed by atoms with E-state index in [0.717, 1.165) is 22.2 Å². The molecule has 0 aliphatic rings. The van der Waals surface area contributed by atoms with Gasteiger partial charge in [-0.3, -0.25) is 4.79 Å². The van der Waals surface area contributed by atoms with Crippen LogP contribution >= 0.6 is 11.8 Å². The van der Waals surface area contributed by atoms with Crippen LogP contribution in [0.5, 0.6) is 0 Å². The van der Waals surface area contributed by atoms with E-state index in [4.69, 9.17) is 8.83 Å². The zero-order valence-corrected chi connectivity index (χ0v) is 14.7. The first-order chi connectivity index (χ1) is 12.8. The average Bonchev–Trinajstić information content (AvgIpc) is 3.33. The number of furan rings is 1. The van der Waals surface area contributed by atoms with Gasteiger partial charge in [0.1, 0.15) is 5.52 Å². The molecule has 0 radical (unpaired) electrons. The van der Waals surface area contributed by atoms with Crippen LogP contribution in [0.4, 0.5) is 0 Å². The molecule has 26 heavy (non-hydrogen) atoms. The molecule has 0 bridgehead atoms. The number of fused-ring (bicyclic) bond motifs is 1. The summed E-state index contributed by atoms with van der Waals surface area (Å²) in [5.74, 6) is 0.488. The number of hydrogen-bond donors (Lipinski definition) is 1. The molecule has 1 N–H and O–H groups in total. The van der Waals surface area contributed by atoms with Crippen LogP contribution in [0, 0.1) is 0 Å². The van der Waals surface area contributed by atoms with Crippen molar-refractivity contribution in [3.05, 3.63) is 83.8 Å². The number of para-hydroxylation sites is 2.